The van der Waals surface area contributed by atoms with Gasteiger partial charge in [0.25, 0.3) is 0 Å². The van der Waals surface area contributed by atoms with Gasteiger partial charge in [-0.3, -0.25) is 24.0 Å². The van der Waals surface area contributed by atoms with Crippen molar-refractivity contribution < 1.29 is 39.0 Å². The molecule has 0 bridgehead atoms. The molecule has 4 unspecified atom stereocenters. The molecule has 4 atom stereocenters. The van der Waals surface area contributed by atoms with Crippen LogP contribution in [0.1, 0.15) is 24.8 Å². The number of hydrogen-bond donors (Lipinski definition) is 8. The molecule has 0 aliphatic rings. The molecule has 13 nitrogen and oxygen atoms in total. The molecule has 0 radical (unpaired) electrons. The van der Waals surface area contributed by atoms with Crippen molar-refractivity contribution in [1.82, 2.24) is 16.0 Å². The Kier molecular flexibility index (Phi) is 12.2. The first-order valence-electron chi connectivity index (χ1n) is 10.5. The van der Waals surface area contributed by atoms with Crippen LogP contribution >= 0.6 is 12.6 Å². The van der Waals surface area contributed by atoms with E-state index in [1.165, 1.54) is 0 Å². The lowest BCUT2D eigenvalue weighted by atomic mass is 10.0. The zero-order valence-electron chi connectivity index (χ0n) is 18.7. The van der Waals surface area contributed by atoms with Crippen LogP contribution in [0.2, 0.25) is 0 Å². The number of carboxylic acids is 2. The third kappa shape index (κ3) is 10.9. The maximum absolute atomic E-state index is 13.0. The van der Waals surface area contributed by atoms with Gasteiger partial charge >= 0.3 is 11.9 Å². The molecule has 192 valence electrons. The summed E-state index contributed by atoms with van der Waals surface area (Å²) in [5.41, 5.74) is 11.3. The summed E-state index contributed by atoms with van der Waals surface area (Å²) in [6.07, 6.45) is -1.20. The summed E-state index contributed by atoms with van der Waals surface area (Å²) in [7, 11) is 0. The Morgan fingerprint density at radius 1 is 0.857 bits per heavy atom. The number of carbonyl (C=O) groups is 6. The molecule has 0 aromatic heterocycles. The summed E-state index contributed by atoms with van der Waals surface area (Å²) in [5, 5.41) is 25.1. The average molecular weight is 512 g/mol. The Hall–Kier alpha value is -3.65. The highest BCUT2D eigenvalue weighted by atomic mass is 32.1. The van der Waals surface area contributed by atoms with Gasteiger partial charge in [-0.1, -0.05) is 30.3 Å². The van der Waals surface area contributed by atoms with Crippen molar-refractivity contribution in [2.45, 2.75) is 49.9 Å². The van der Waals surface area contributed by atoms with E-state index in [1.807, 2.05) is 0 Å². The number of amides is 4. The van der Waals surface area contributed by atoms with E-state index < -0.39 is 66.2 Å². The van der Waals surface area contributed by atoms with Crippen LogP contribution in [0.25, 0.3) is 0 Å². The number of carbonyl (C=O) groups excluding carboxylic acids is 4. The van der Waals surface area contributed by atoms with E-state index in [2.05, 4.69) is 28.6 Å². The minimum absolute atomic E-state index is 0.00449. The fraction of sp³-hybridized carbons (Fsp3) is 0.429. The van der Waals surface area contributed by atoms with Gasteiger partial charge in [0, 0.05) is 18.6 Å². The van der Waals surface area contributed by atoms with Crippen molar-refractivity contribution in [3.63, 3.8) is 0 Å². The SMILES string of the molecule is NC(=O)CCC(NC(=O)C(CS)NC(=O)C(Cc1ccccc1)NC(=O)C(N)CC(=O)O)C(=O)O. The van der Waals surface area contributed by atoms with Crippen molar-refractivity contribution in [3.8, 4) is 0 Å². The third-order valence-corrected chi connectivity index (χ3v) is 5.12. The molecule has 1 rings (SSSR count). The van der Waals surface area contributed by atoms with Gasteiger partial charge in [0.05, 0.1) is 12.5 Å². The Labute approximate surface area is 206 Å². The molecule has 0 aliphatic carbocycles. The number of nitrogens with two attached hydrogens (primary N) is 2. The summed E-state index contributed by atoms with van der Waals surface area (Å²) >= 11 is 4.03. The van der Waals surface area contributed by atoms with Crippen LogP contribution in [-0.4, -0.2) is 75.7 Å². The number of thiol groups is 1. The molecule has 0 heterocycles. The number of nitrogens with one attached hydrogen (secondary N) is 3. The topological polar surface area (TPSA) is 231 Å². The van der Waals surface area contributed by atoms with Crippen LogP contribution in [0.5, 0.6) is 0 Å². The highest BCUT2D eigenvalue weighted by Gasteiger charge is 2.30. The summed E-state index contributed by atoms with van der Waals surface area (Å²) in [6, 6.07) is 3.21. The summed E-state index contributed by atoms with van der Waals surface area (Å²) in [4.78, 5) is 71.0. The van der Waals surface area contributed by atoms with E-state index in [0.29, 0.717) is 5.56 Å². The summed E-state index contributed by atoms with van der Waals surface area (Å²) in [5.74, 6) is -6.22. The zero-order valence-corrected chi connectivity index (χ0v) is 19.6. The minimum Gasteiger partial charge on any atom is -0.481 e. The van der Waals surface area contributed by atoms with Gasteiger partial charge < -0.3 is 37.6 Å². The molecule has 0 saturated carbocycles. The predicted octanol–water partition coefficient (Wildman–Crippen LogP) is -2.23. The smallest absolute Gasteiger partial charge is 0.326 e. The molecule has 0 aliphatic heterocycles. The lowest BCUT2D eigenvalue weighted by Gasteiger charge is -2.24. The van der Waals surface area contributed by atoms with Crippen molar-refractivity contribution in [3.05, 3.63) is 35.9 Å². The van der Waals surface area contributed by atoms with Gasteiger partial charge in [-0.15, -0.1) is 0 Å². The number of aliphatic carboxylic acids is 2. The summed E-state index contributed by atoms with van der Waals surface area (Å²) in [6.45, 7) is 0. The number of rotatable bonds is 15. The number of hydrogen-bond acceptors (Lipinski definition) is 8. The first-order valence-corrected chi connectivity index (χ1v) is 11.1. The van der Waals surface area contributed by atoms with Gasteiger partial charge in [-0.05, 0) is 12.0 Å². The van der Waals surface area contributed by atoms with Crippen molar-refractivity contribution >= 4 is 48.2 Å². The second kappa shape index (κ2) is 14.6. The largest absolute Gasteiger partial charge is 0.481 e. The highest BCUT2D eigenvalue weighted by Crippen LogP contribution is 2.06. The third-order valence-electron chi connectivity index (χ3n) is 4.76. The first-order chi connectivity index (χ1) is 16.4. The second-order valence-corrected chi connectivity index (χ2v) is 7.97. The number of carboxylic acid groups (broad SMARTS) is 2. The first kappa shape index (κ1) is 29.4. The fourth-order valence-electron chi connectivity index (χ4n) is 2.90. The van der Waals surface area contributed by atoms with Crippen LogP contribution in [-0.2, 0) is 35.2 Å². The molecule has 4 amide bonds. The monoisotopic (exact) mass is 511 g/mol. The molecule has 9 N–H and O–H groups in total. The van der Waals surface area contributed by atoms with Gasteiger partial charge in [0.1, 0.15) is 18.1 Å². The fourth-order valence-corrected chi connectivity index (χ4v) is 3.16. The van der Waals surface area contributed by atoms with Crippen LogP contribution in [0, 0.1) is 0 Å². The maximum Gasteiger partial charge on any atom is 0.326 e. The van der Waals surface area contributed by atoms with Crippen molar-refractivity contribution in [2.75, 3.05) is 5.75 Å². The number of primary amides is 1. The average Bonchev–Trinajstić information content (AvgIpc) is 2.79. The Morgan fingerprint density at radius 3 is 1.91 bits per heavy atom. The normalized spacial score (nSPS) is 14.0. The minimum atomic E-state index is -1.43. The van der Waals surface area contributed by atoms with Crippen LogP contribution < -0.4 is 27.4 Å². The zero-order chi connectivity index (χ0) is 26.5. The van der Waals surface area contributed by atoms with Gasteiger partial charge in [0.15, 0.2) is 0 Å². The molecule has 0 saturated heterocycles. The van der Waals surface area contributed by atoms with Crippen LogP contribution in [0.15, 0.2) is 30.3 Å². The Bertz CT molecular complexity index is 930. The van der Waals surface area contributed by atoms with Gasteiger partial charge in [-0.2, -0.15) is 12.6 Å². The van der Waals surface area contributed by atoms with E-state index in [-0.39, 0.29) is 25.0 Å². The van der Waals surface area contributed by atoms with Crippen LogP contribution in [0.3, 0.4) is 0 Å². The number of benzene rings is 1. The Morgan fingerprint density at radius 2 is 1.40 bits per heavy atom. The maximum atomic E-state index is 13.0. The summed E-state index contributed by atoms with van der Waals surface area (Å²) < 4.78 is 0. The molecule has 0 fully saturated rings. The van der Waals surface area contributed by atoms with Gasteiger partial charge in [-0.25, -0.2) is 4.79 Å². The molecular weight excluding hydrogens is 482 g/mol. The quantitative estimate of drug-likeness (QED) is 0.119. The van der Waals surface area contributed by atoms with E-state index in [0.717, 1.165) is 0 Å². The molecule has 1 aromatic carbocycles. The van der Waals surface area contributed by atoms with Crippen LogP contribution in [0.4, 0.5) is 0 Å². The second-order valence-electron chi connectivity index (χ2n) is 7.60. The van der Waals surface area contributed by atoms with E-state index >= 15 is 0 Å². The predicted molar refractivity (Wildman–Crippen MR) is 126 cm³/mol. The molecular formula is C21H29N5O8S. The standard InChI is InChI=1S/C21H29N5O8S/c22-12(9-17(28)29)18(30)25-14(8-11-4-2-1-3-5-11)19(31)26-15(10-35)20(32)24-13(21(33)34)6-7-16(23)27/h1-5,12-15,35H,6-10,22H2,(H2,23,27)(H,24,32)(H,25,30)(H,26,31)(H,28,29)(H,33,34). The molecule has 1 aromatic rings. The van der Waals surface area contributed by atoms with E-state index in [4.69, 9.17) is 16.6 Å². The molecule has 0 spiro atoms. The van der Waals surface area contributed by atoms with E-state index in [9.17, 15) is 33.9 Å². The van der Waals surface area contributed by atoms with Gasteiger partial charge in [0.2, 0.25) is 23.6 Å². The van der Waals surface area contributed by atoms with Crippen molar-refractivity contribution in [1.29, 1.82) is 0 Å². The molecule has 35 heavy (non-hydrogen) atoms. The molecule has 14 heteroatoms. The highest BCUT2D eigenvalue weighted by molar-refractivity contribution is 7.80. The lowest BCUT2D eigenvalue weighted by molar-refractivity contribution is -0.142. The van der Waals surface area contributed by atoms with Crippen molar-refractivity contribution in [2.24, 2.45) is 11.5 Å². The lowest BCUT2D eigenvalue weighted by Crippen LogP contribution is -2.58. The Balaban J connectivity index is 2.97. The van der Waals surface area contributed by atoms with E-state index in [1.54, 1.807) is 30.3 Å².